The van der Waals surface area contributed by atoms with Crippen LogP contribution in [-0.4, -0.2) is 36.1 Å². The predicted molar refractivity (Wildman–Crippen MR) is 72.6 cm³/mol. The maximum atomic E-state index is 11.8. The Hall–Kier alpha value is -2.04. The van der Waals surface area contributed by atoms with Crippen molar-refractivity contribution < 1.29 is 14.7 Å². The number of anilines is 1. The van der Waals surface area contributed by atoms with Gasteiger partial charge in [-0.25, -0.2) is 4.79 Å². The van der Waals surface area contributed by atoms with Gasteiger partial charge >= 0.3 is 5.97 Å². The normalized spacial score (nSPS) is 13.5. The first-order chi connectivity index (χ1) is 8.97. The maximum absolute atomic E-state index is 11.8. The number of hydrogen-bond donors (Lipinski definition) is 2. The molecule has 1 aromatic carbocycles. The van der Waals surface area contributed by atoms with Crippen LogP contribution in [0.3, 0.4) is 0 Å². The van der Waals surface area contributed by atoms with Gasteiger partial charge in [-0.05, 0) is 38.0 Å². The van der Waals surface area contributed by atoms with Gasteiger partial charge in [0.25, 0.3) is 0 Å². The SMILES string of the molecule is CC(C)NC(=O)CN1CCc2ccc(C(=O)O)cc21. The number of benzene rings is 1. The van der Waals surface area contributed by atoms with Crippen LogP contribution in [0, 0.1) is 0 Å². The first-order valence-corrected chi connectivity index (χ1v) is 6.38. The van der Waals surface area contributed by atoms with E-state index in [9.17, 15) is 9.59 Å². The molecule has 0 aromatic heterocycles. The summed E-state index contributed by atoms with van der Waals surface area (Å²) in [5, 5.41) is 11.8. The molecule has 0 aliphatic carbocycles. The Balaban J connectivity index is 2.14. The second-order valence-corrected chi connectivity index (χ2v) is 5.04. The molecule has 5 nitrogen and oxygen atoms in total. The Bertz CT molecular complexity index is 511. The van der Waals surface area contributed by atoms with E-state index in [4.69, 9.17) is 5.11 Å². The number of nitrogens with one attached hydrogen (secondary N) is 1. The highest BCUT2D eigenvalue weighted by Gasteiger charge is 2.22. The van der Waals surface area contributed by atoms with Gasteiger partial charge in [-0.15, -0.1) is 0 Å². The molecular formula is C14H18N2O3. The number of carboxylic acid groups (broad SMARTS) is 1. The third-order valence-corrected chi connectivity index (χ3v) is 3.11. The number of carboxylic acids is 1. The predicted octanol–water partition coefficient (Wildman–Crippen LogP) is 1.27. The van der Waals surface area contributed by atoms with E-state index in [1.54, 1.807) is 12.1 Å². The van der Waals surface area contributed by atoms with Gasteiger partial charge in [0.05, 0.1) is 12.1 Å². The van der Waals surface area contributed by atoms with Crippen LogP contribution in [0.1, 0.15) is 29.8 Å². The number of aromatic carboxylic acids is 1. The van der Waals surface area contributed by atoms with Crippen molar-refractivity contribution in [1.82, 2.24) is 5.32 Å². The molecule has 1 heterocycles. The third kappa shape index (κ3) is 3.05. The standard InChI is InChI=1S/C14H18N2O3/c1-9(2)15-13(17)8-16-6-5-10-3-4-11(14(18)19)7-12(10)16/h3-4,7,9H,5-6,8H2,1-2H3,(H,15,17)(H,18,19). The van der Waals surface area contributed by atoms with Crippen molar-refractivity contribution in [2.24, 2.45) is 0 Å². The van der Waals surface area contributed by atoms with Crippen LogP contribution in [-0.2, 0) is 11.2 Å². The van der Waals surface area contributed by atoms with Crippen molar-refractivity contribution in [3.63, 3.8) is 0 Å². The van der Waals surface area contributed by atoms with Crippen molar-refractivity contribution >= 4 is 17.6 Å². The zero-order valence-electron chi connectivity index (χ0n) is 11.1. The van der Waals surface area contributed by atoms with E-state index in [1.165, 1.54) is 0 Å². The van der Waals surface area contributed by atoms with Gasteiger partial charge in [-0.1, -0.05) is 6.07 Å². The molecule has 1 aliphatic rings. The quantitative estimate of drug-likeness (QED) is 0.857. The highest BCUT2D eigenvalue weighted by atomic mass is 16.4. The molecule has 0 bridgehead atoms. The minimum atomic E-state index is -0.943. The fourth-order valence-corrected chi connectivity index (χ4v) is 2.28. The first kappa shape index (κ1) is 13.4. The van der Waals surface area contributed by atoms with Crippen LogP contribution in [0.2, 0.25) is 0 Å². The van der Waals surface area contributed by atoms with Gasteiger partial charge in [-0.2, -0.15) is 0 Å². The summed E-state index contributed by atoms with van der Waals surface area (Å²) in [6, 6.07) is 5.20. The van der Waals surface area contributed by atoms with Crippen LogP contribution in [0.5, 0.6) is 0 Å². The number of amides is 1. The van der Waals surface area contributed by atoms with Crippen molar-refractivity contribution in [2.75, 3.05) is 18.0 Å². The summed E-state index contributed by atoms with van der Waals surface area (Å²) < 4.78 is 0. The molecule has 2 rings (SSSR count). The summed E-state index contributed by atoms with van der Waals surface area (Å²) in [5.41, 5.74) is 2.22. The molecule has 0 unspecified atom stereocenters. The molecule has 1 aromatic rings. The maximum Gasteiger partial charge on any atom is 0.335 e. The lowest BCUT2D eigenvalue weighted by Crippen LogP contribution is -2.39. The highest BCUT2D eigenvalue weighted by molar-refractivity contribution is 5.90. The third-order valence-electron chi connectivity index (χ3n) is 3.11. The molecule has 1 amide bonds. The Morgan fingerprint density at radius 1 is 1.42 bits per heavy atom. The van der Waals surface area contributed by atoms with E-state index in [0.717, 1.165) is 24.2 Å². The summed E-state index contributed by atoms with van der Waals surface area (Å²) in [5.74, 6) is -0.982. The largest absolute Gasteiger partial charge is 0.478 e. The number of nitrogens with zero attached hydrogens (tertiary/aromatic N) is 1. The smallest absolute Gasteiger partial charge is 0.335 e. The Labute approximate surface area is 112 Å². The minimum Gasteiger partial charge on any atom is -0.478 e. The number of rotatable bonds is 4. The average molecular weight is 262 g/mol. The Morgan fingerprint density at radius 2 is 2.16 bits per heavy atom. The fraction of sp³-hybridized carbons (Fsp3) is 0.429. The van der Waals surface area contributed by atoms with Crippen LogP contribution < -0.4 is 10.2 Å². The molecule has 0 saturated carbocycles. The van der Waals surface area contributed by atoms with Crippen LogP contribution in [0.4, 0.5) is 5.69 Å². The molecule has 0 fully saturated rings. The Morgan fingerprint density at radius 3 is 2.79 bits per heavy atom. The van der Waals surface area contributed by atoms with E-state index in [2.05, 4.69) is 5.32 Å². The number of fused-ring (bicyclic) bond motifs is 1. The van der Waals surface area contributed by atoms with Gasteiger partial charge in [0.15, 0.2) is 0 Å². The number of hydrogen-bond acceptors (Lipinski definition) is 3. The van der Waals surface area contributed by atoms with E-state index in [1.807, 2.05) is 24.8 Å². The molecule has 1 aliphatic heterocycles. The van der Waals surface area contributed by atoms with Crippen molar-refractivity contribution in [1.29, 1.82) is 0 Å². The number of carbonyl (C=O) groups excluding carboxylic acids is 1. The van der Waals surface area contributed by atoms with E-state index >= 15 is 0 Å². The summed E-state index contributed by atoms with van der Waals surface area (Å²) in [6.07, 6.45) is 0.851. The molecule has 0 saturated heterocycles. The molecular weight excluding hydrogens is 244 g/mol. The lowest BCUT2D eigenvalue weighted by Gasteiger charge is -2.20. The van der Waals surface area contributed by atoms with Crippen LogP contribution in [0.15, 0.2) is 18.2 Å². The lowest BCUT2D eigenvalue weighted by atomic mass is 10.1. The van der Waals surface area contributed by atoms with E-state index in [-0.39, 0.29) is 24.1 Å². The van der Waals surface area contributed by atoms with Gasteiger partial charge in [0.1, 0.15) is 0 Å². The number of carbonyl (C=O) groups is 2. The highest BCUT2D eigenvalue weighted by Crippen LogP contribution is 2.28. The first-order valence-electron chi connectivity index (χ1n) is 6.38. The molecule has 0 spiro atoms. The topological polar surface area (TPSA) is 69.6 Å². The summed E-state index contributed by atoms with van der Waals surface area (Å²) >= 11 is 0. The zero-order chi connectivity index (χ0) is 14.0. The monoisotopic (exact) mass is 262 g/mol. The second kappa shape index (κ2) is 5.30. The van der Waals surface area contributed by atoms with Crippen LogP contribution in [0.25, 0.3) is 0 Å². The van der Waals surface area contributed by atoms with Crippen molar-refractivity contribution in [3.05, 3.63) is 29.3 Å². The minimum absolute atomic E-state index is 0.0384. The fourth-order valence-electron chi connectivity index (χ4n) is 2.28. The lowest BCUT2D eigenvalue weighted by molar-refractivity contribution is -0.120. The summed E-state index contributed by atoms with van der Waals surface area (Å²) in [6.45, 7) is 4.86. The van der Waals surface area contributed by atoms with Gasteiger partial charge < -0.3 is 15.3 Å². The van der Waals surface area contributed by atoms with Gasteiger partial charge in [0, 0.05) is 18.3 Å². The average Bonchev–Trinajstić information content (AvgIpc) is 2.70. The second-order valence-electron chi connectivity index (χ2n) is 5.04. The van der Waals surface area contributed by atoms with Crippen LogP contribution >= 0.6 is 0 Å². The summed E-state index contributed by atoms with van der Waals surface area (Å²) in [7, 11) is 0. The molecule has 5 heteroatoms. The van der Waals surface area contributed by atoms with E-state index < -0.39 is 5.97 Å². The molecule has 19 heavy (non-hydrogen) atoms. The van der Waals surface area contributed by atoms with Gasteiger partial charge in [0.2, 0.25) is 5.91 Å². The van der Waals surface area contributed by atoms with E-state index in [0.29, 0.717) is 0 Å². The van der Waals surface area contributed by atoms with Crippen molar-refractivity contribution in [3.8, 4) is 0 Å². The molecule has 102 valence electrons. The molecule has 2 N–H and O–H groups in total. The van der Waals surface area contributed by atoms with Gasteiger partial charge in [-0.3, -0.25) is 4.79 Å². The Kier molecular flexibility index (Phi) is 3.74. The summed E-state index contributed by atoms with van der Waals surface area (Å²) in [4.78, 5) is 24.7. The molecule has 0 radical (unpaired) electrons. The zero-order valence-corrected chi connectivity index (χ0v) is 11.1. The molecule has 0 atom stereocenters. The van der Waals surface area contributed by atoms with Crippen molar-refractivity contribution in [2.45, 2.75) is 26.3 Å².